The van der Waals surface area contributed by atoms with Gasteiger partial charge < -0.3 is 4.57 Å². The predicted molar refractivity (Wildman–Crippen MR) is 83.7 cm³/mol. The number of Topliss-reactive ketones (excluding diaryl/α,β-unsaturated/α-hetero) is 1. The summed E-state index contributed by atoms with van der Waals surface area (Å²) in [6.07, 6.45) is 2.13. The topological polar surface area (TPSA) is 26.4 Å². The molecular weight excluding hydrogens is 260 g/mol. The summed E-state index contributed by atoms with van der Waals surface area (Å²) in [6, 6.07) is 15.1. The minimum Gasteiger partial charge on any atom is -0.350 e. The van der Waals surface area contributed by atoms with Gasteiger partial charge in [-0.3, -0.25) is 4.79 Å². The second-order valence-corrected chi connectivity index (χ2v) is 5.01. The summed E-state index contributed by atoms with van der Waals surface area (Å²) >= 11 is 0. The standard InChI is InChI=1S/C18H14N2O/c1-19-16-9-5-3-7-13(16)11-18(21)15-12-20(2)17-10-6-4-8-14(15)17/h3-10,12H,11H2,2H3. The van der Waals surface area contributed by atoms with Crippen LogP contribution in [0.5, 0.6) is 0 Å². The van der Waals surface area contributed by atoms with E-state index in [1.54, 1.807) is 6.07 Å². The third kappa shape index (κ3) is 2.32. The molecule has 0 radical (unpaired) electrons. The molecule has 1 aromatic heterocycles. The summed E-state index contributed by atoms with van der Waals surface area (Å²) in [5.74, 6) is 0.0444. The molecule has 0 unspecified atom stereocenters. The molecule has 3 aromatic rings. The smallest absolute Gasteiger partial charge is 0.190 e. The van der Waals surface area contributed by atoms with Crippen LogP contribution in [0.4, 0.5) is 5.69 Å². The van der Waals surface area contributed by atoms with Crippen LogP contribution < -0.4 is 0 Å². The Hall–Kier alpha value is -2.86. The molecule has 0 amide bonds. The number of aryl methyl sites for hydroxylation is 1. The maximum absolute atomic E-state index is 12.6. The fourth-order valence-corrected chi connectivity index (χ4v) is 2.60. The first-order valence-electron chi connectivity index (χ1n) is 6.73. The third-order valence-corrected chi connectivity index (χ3v) is 3.66. The van der Waals surface area contributed by atoms with Crippen LogP contribution in [0.1, 0.15) is 15.9 Å². The van der Waals surface area contributed by atoms with Crippen molar-refractivity contribution in [2.75, 3.05) is 0 Å². The number of para-hydroxylation sites is 2. The highest BCUT2D eigenvalue weighted by Gasteiger charge is 2.15. The van der Waals surface area contributed by atoms with Gasteiger partial charge >= 0.3 is 0 Å². The van der Waals surface area contributed by atoms with Gasteiger partial charge in [-0.2, -0.15) is 0 Å². The average Bonchev–Trinajstić information content (AvgIpc) is 2.86. The zero-order valence-corrected chi connectivity index (χ0v) is 11.7. The van der Waals surface area contributed by atoms with Crippen molar-refractivity contribution >= 4 is 22.4 Å². The Morgan fingerprint density at radius 3 is 2.67 bits per heavy atom. The zero-order valence-electron chi connectivity index (χ0n) is 11.7. The molecule has 0 atom stereocenters. The summed E-state index contributed by atoms with van der Waals surface area (Å²) < 4.78 is 1.96. The molecule has 3 heteroatoms. The van der Waals surface area contributed by atoms with E-state index in [-0.39, 0.29) is 12.2 Å². The second kappa shape index (κ2) is 5.26. The second-order valence-electron chi connectivity index (χ2n) is 5.01. The van der Waals surface area contributed by atoms with Crippen LogP contribution >= 0.6 is 0 Å². The molecule has 0 aliphatic rings. The van der Waals surface area contributed by atoms with E-state index < -0.39 is 0 Å². The number of ketones is 1. The summed E-state index contributed by atoms with van der Waals surface area (Å²) in [5, 5.41) is 0.963. The maximum Gasteiger partial charge on any atom is 0.190 e. The number of fused-ring (bicyclic) bond motifs is 1. The summed E-state index contributed by atoms with van der Waals surface area (Å²) in [7, 11) is 1.94. The Labute approximate surface area is 123 Å². The van der Waals surface area contributed by atoms with E-state index in [1.165, 1.54) is 0 Å². The van der Waals surface area contributed by atoms with E-state index in [2.05, 4.69) is 4.85 Å². The Kier molecular flexibility index (Phi) is 3.29. The fraction of sp³-hybridized carbons (Fsp3) is 0.111. The van der Waals surface area contributed by atoms with Crippen LogP contribution in [0.3, 0.4) is 0 Å². The van der Waals surface area contributed by atoms with Gasteiger partial charge in [0.15, 0.2) is 11.5 Å². The van der Waals surface area contributed by atoms with E-state index in [4.69, 9.17) is 6.57 Å². The van der Waals surface area contributed by atoms with Crippen molar-refractivity contribution in [2.45, 2.75) is 6.42 Å². The lowest BCUT2D eigenvalue weighted by Gasteiger charge is -2.02. The number of carbonyl (C=O) groups excluding carboxylic acids is 1. The highest BCUT2D eigenvalue weighted by Crippen LogP contribution is 2.24. The predicted octanol–water partition coefficient (Wildman–Crippen LogP) is 4.15. The summed E-state index contributed by atoms with van der Waals surface area (Å²) in [6.45, 7) is 7.18. The summed E-state index contributed by atoms with van der Waals surface area (Å²) in [4.78, 5) is 16.1. The lowest BCUT2D eigenvalue weighted by molar-refractivity contribution is 0.0994. The molecule has 0 bridgehead atoms. The molecule has 0 N–H and O–H groups in total. The molecule has 3 nitrogen and oxygen atoms in total. The average molecular weight is 274 g/mol. The number of rotatable bonds is 3. The van der Waals surface area contributed by atoms with Crippen LogP contribution in [0.2, 0.25) is 0 Å². The number of aromatic nitrogens is 1. The van der Waals surface area contributed by atoms with Gasteiger partial charge in [-0.15, -0.1) is 0 Å². The first-order valence-corrected chi connectivity index (χ1v) is 6.73. The Morgan fingerprint density at radius 1 is 1.14 bits per heavy atom. The Balaban J connectivity index is 2.00. The van der Waals surface area contributed by atoms with Gasteiger partial charge in [0.2, 0.25) is 0 Å². The van der Waals surface area contributed by atoms with Crippen molar-refractivity contribution in [2.24, 2.45) is 7.05 Å². The van der Waals surface area contributed by atoms with E-state index in [9.17, 15) is 4.79 Å². The minimum absolute atomic E-state index is 0.0444. The number of benzene rings is 2. The van der Waals surface area contributed by atoms with E-state index in [0.29, 0.717) is 11.3 Å². The van der Waals surface area contributed by atoms with Crippen LogP contribution in [-0.2, 0) is 13.5 Å². The largest absolute Gasteiger partial charge is 0.350 e. The minimum atomic E-state index is 0.0444. The van der Waals surface area contributed by atoms with Gasteiger partial charge in [-0.25, -0.2) is 4.85 Å². The molecule has 1 heterocycles. The van der Waals surface area contributed by atoms with Crippen molar-refractivity contribution in [3.8, 4) is 0 Å². The van der Waals surface area contributed by atoms with Gasteiger partial charge in [-0.05, 0) is 11.6 Å². The van der Waals surface area contributed by atoms with E-state index >= 15 is 0 Å². The molecule has 2 aromatic carbocycles. The number of carbonyl (C=O) groups is 1. The van der Waals surface area contributed by atoms with Crippen molar-refractivity contribution in [1.82, 2.24) is 4.57 Å². The van der Waals surface area contributed by atoms with Crippen molar-refractivity contribution in [3.05, 3.63) is 77.3 Å². The molecule has 0 aliphatic carbocycles. The third-order valence-electron chi connectivity index (χ3n) is 3.66. The first kappa shape index (κ1) is 13.1. The molecule has 0 saturated heterocycles. The normalized spacial score (nSPS) is 10.5. The maximum atomic E-state index is 12.6. The van der Waals surface area contributed by atoms with Crippen LogP contribution in [-0.4, -0.2) is 10.4 Å². The van der Waals surface area contributed by atoms with Crippen molar-refractivity contribution < 1.29 is 4.79 Å². The van der Waals surface area contributed by atoms with Gasteiger partial charge in [0, 0.05) is 36.1 Å². The van der Waals surface area contributed by atoms with Crippen molar-refractivity contribution in [3.63, 3.8) is 0 Å². The highest BCUT2D eigenvalue weighted by molar-refractivity contribution is 6.09. The molecular formula is C18H14N2O. The first-order chi connectivity index (χ1) is 10.2. The SMILES string of the molecule is [C-]#[N+]c1ccccc1CC(=O)c1cn(C)c2ccccc12. The molecule has 102 valence electrons. The zero-order chi connectivity index (χ0) is 14.8. The molecule has 0 spiro atoms. The fourth-order valence-electron chi connectivity index (χ4n) is 2.60. The van der Waals surface area contributed by atoms with Crippen LogP contribution in [0.25, 0.3) is 15.7 Å². The molecule has 21 heavy (non-hydrogen) atoms. The van der Waals surface area contributed by atoms with E-state index in [1.807, 2.05) is 60.3 Å². The van der Waals surface area contributed by atoms with Gasteiger partial charge in [0.05, 0.1) is 6.57 Å². The quantitative estimate of drug-likeness (QED) is 0.520. The van der Waals surface area contributed by atoms with Gasteiger partial charge in [-0.1, -0.05) is 42.5 Å². The van der Waals surface area contributed by atoms with E-state index in [0.717, 1.165) is 16.5 Å². The lowest BCUT2D eigenvalue weighted by atomic mass is 10.0. The molecule has 0 saturated carbocycles. The molecule has 0 fully saturated rings. The van der Waals surface area contributed by atoms with Crippen LogP contribution in [0.15, 0.2) is 54.7 Å². The lowest BCUT2D eigenvalue weighted by Crippen LogP contribution is -2.03. The van der Waals surface area contributed by atoms with Crippen LogP contribution in [0, 0.1) is 6.57 Å². The highest BCUT2D eigenvalue weighted by atomic mass is 16.1. The number of nitrogens with zero attached hydrogens (tertiary/aromatic N) is 2. The Morgan fingerprint density at radius 2 is 1.86 bits per heavy atom. The molecule has 0 aliphatic heterocycles. The van der Waals surface area contributed by atoms with Gasteiger partial charge in [0.1, 0.15) is 0 Å². The molecule has 3 rings (SSSR count). The number of hydrogen-bond acceptors (Lipinski definition) is 1. The van der Waals surface area contributed by atoms with Gasteiger partial charge in [0.25, 0.3) is 0 Å². The Bertz CT molecular complexity index is 868. The monoisotopic (exact) mass is 274 g/mol. The number of hydrogen-bond donors (Lipinski definition) is 0. The summed E-state index contributed by atoms with van der Waals surface area (Å²) in [5.41, 5.74) is 3.09. The van der Waals surface area contributed by atoms with Crippen molar-refractivity contribution in [1.29, 1.82) is 0 Å².